The summed E-state index contributed by atoms with van der Waals surface area (Å²) in [6.45, 7) is 7.15. The van der Waals surface area contributed by atoms with Crippen molar-refractivity contribution in [3.8, 4) is 5.82 Å². The summed E-state index contributed by atoms with van der Waals surface area (Å²) in [6, 6.07) is 5.31. The van der Waals surface area contributed by atoms with Crippen molar-refractivity contribution in [1.29, 1.82) is 0 Å². The Morgan fingerprint density at radius 2 is 1.97 bits per heavy atom. The smallest absolute Gasteiger partial charge is 0.266 e. The molecule has 1 saturated heterocycles. The Balaban J connectivity index is 1.22. The summed E-state index contributed by atoms with van der Waals surface area (Å²) < 4.78 is 9.28. The lowest BCUT2D eigenvalue weighted by molar-refractivity contribution is 0.0676. The maximum atomic E-state index is 12.3. The summed E-state index contributed by atoms with van der Waals surface area (Å²) in [5, 5.41) is 9.01. The minimum Gasteiger partial charge on any atom is -0.444 e. The third-order valence-corrected chi connectivity index (χ3v) is 5.79. The monoisotopic (exact) mass is 394 g/mol. The first-order valence-corrected chi connectivity index (χ1v) is 10.4. The van der Waals surface area contributed by atoms with E-state index < -0.39 is 0 Å². The summed E-state index contributed by atoms with van der Waals surface area (Å²) >= 11 is 0. The van der Waals surface area contributed by atoms with E-state index in [0.29, 0.717) is 18.3 Å². The molecule has 8 nitrogen and oxygen atoms in total. The maximum Gasteiger partial charge on any atom is 0.266 e. The standard InChI is InChI=1S/C21H26N6O2/c1-14-9-15(2)27(23-14)19-7-8-21(28)26(24-19)12-16-10-25(11-16)13-20-22-17-5-3-4-6-18(17)29-20/h7-9,16H,3-6,10-13H2,1-2H3. The van der Waals surface area contributed by atoms with E-state index >= 15 is 0 Å². The fourth-order valence-electron chi connectivity index (χ4n) is 4.37. The van der Waals surface area contributed by atoms with Gasteiger partial charge in [0.05, 0.1) is 24.5 Å². The van der Waals surface area contributed by atoms with E-state index in [4.69, 9.17) is 4.42 Å². The van der Waals surface area contributed by atoms with Crippen molar-refractivity contribution in [3.63, 3.8) is 0 Å². The van der Waals surface area contributed by atoms with E-state index in [0.717, 1.165) is 61.2 Å². The molecule has 1 fully saturated rings. The van der Waals surface area contributed by atoms with Gasteiger partial charge < -0.3 is 4.42 Å². The molecule has 0 saturated carbocycles. The molecule has 0 spiro atoms. The third-order valence-electron chi connectivity index (χ3n) is 5.79. The lowest BCUT2D eigenvalue weighted by Gasteiger charge is -2.38. The maximum absolute atomic E-state index is 12.3. The van der Waals surface area contributed by atoms with Gasteiger partial charge in [0.1, 0.15) is 5.76 Å². The van der Waals surface area contributed by atoms with Crippen LogP contribution in [0.1, 0.15) is 41.6 Å². The summed E-state index contributed by atoms with van der Waals surface area (Å²) in [4.78, 5) is 19.3. The van der Waals surface area contributed by atoms with E-state index in [-0.39, 0.29) is 5.56 Å². The number of likely N-dealkylation sites (tertiary alicyclic amines) is 1. The van der Waals surface area contributed by atoms with Crippen LogP contribution in [0.15, 0.2) is 27.4 Å². The van der Waals surface area contributed by atoms with Crippen molar-refractivity contribution in [2.24, 2.45) is 5.92 Å². The normalized spacial score (nSPS) is 17.3. The van der Waals surface area contributed by atoms with E-state index in [1.165, 1.54) is 12.8 Å². The van der Waals surface area contributed by atoms with Crippen molar-refractivity contribution in [1.82, 2.24) is 29.4 Å². The van der Waals surface area contributed by atoms with Gasteiger partial charge in [-0.25, -0.2) is 14.3 Å². The molecular formula is C21H26N6O2. The molecule has 1 aliphatic heterocycles. The highest BCUT2D eigenvalue weighted by atomic mass is 16.4. The van der Waals surface area contributed by atoms with Gasteiger partial charge in [0.2, 0.25) is 5.89 Å². The van der Waals surface area contributed by atoms with Crippen molar-refractivity contribution in [2.75, 3.05) is 13.1 Å². The molecule has 0 radical (unpaired) electrons. The summed E-state index contributed by atoms with van der Waals surface area (Å²) in [5.41, 5.74) is 3.02. The first kappa shape index (κ1) is 18.3. The molecule has 0 unspecified atom stereocenters. The van der Waals surface area contributed by atoms with Crippen LogP contribution in [0.2, 0.25) is 0 Å². The molecular weight excluding hydrogens is 368 g/mol. The number of fused-ring (bicyclic) bond motifs is 1. The molecule has 8 heteroatoms. The molecule has 29 heavy (non-hydrogen) atoms. The zero-order valence-corrected chi connectivity index (χ0v) is 17.0. The molecule has 0 N–H and O–H groups in total. The van der Waals surface area contributed by atoms with Crippen molar-refractivity contribution < 1.29 is 4.42 Å². The van der Waals surface area contributed by atoms with Gasteiger partial charge in [-0.3, -0.25) is 9.69 Å². The van der Waals surface area contributed by atoms with Crippen molar-refractivity contribution >= 4 is 0 Å². The molecule has 0 aromatic carbocycles. The van der Waals surface area contributed by atoms with Gasteiger partial charge in [-0.05, 0) is 45.2 Å². The van der Waals surface area contributed by atoms with Gasteiger partial charge in [-0.1, -0.05) is 0 Å². The van der Waals surface area contributed by atoms with Crippen LogP contribution in [0.4, 0.5) is 0 Å². The number of aromatic nitrogens is 5. The van der Waals surface area contributed by atoms with Crippen molar-refractivity contribution in [2.45, 2.75) is 52.6 Å². The third kappa shape index (κ3) is 3.64. The van der Waals surface area contributed by atoms with Gasteiger partial charge in [0, 0.05) is 37.2 Å². The Morgan fingerprint density at radius 1 is 1.14 bits per heavy atom. The Kier molecular flexibility index (Phi) is 4.58. The number of rotatable bonds is 5. The van der Waals surface area contributed by atoms with Crippen LogP contribution in [0.25, 0.3) is 5.82 Å². The quantitative estimate of drug-likeness (QED) is 0.659. The number of aryl methyl sites for hydroxylation is 4. The Labute approximate surface area is 169 Å². The van der Waals surface area contributed by atoms with Gasteiger partial charge in [0.25, 0.3) is 5.56 Å². The topological polar surface area (TPSA) is 82.0 Å². The molecule has 0 bridgehead atoms. The van der Waals surface area contributed by atoms with Crippen LogP contribution < -0.4 is 5.56 Å². The molecule has 4 heterocycles. The van der Waals surface area contributed by atoms with E-state index in [9.17, 15) is 4.79 Å². The fraction of sp³-hybridized carbons (Fsp3) is 0.524. The van der Waals surface area contributed by atoms with Crippen LogP contribution in [-0.4, -0.2) is 42.5 Å². The molecule has 0 amide bonds. The fourth-order valence-corrected chi connectivity index (χ4v) is 4.37. The molecule has 152 valence electrons. The van der Waals surface area contributed by atoms with Gasteiger partial charge in [0.15, 0.2) is 5.82 Å². The number of oxazole rings is 1. The predicted octanol–water partition coefficient (Wildman–Crippen LogP) is 2.04. The second-order valence-corrected chi connectivity index (χ2v) is 8.30. The van der Waals surface area contributed by atoms with E-state index in [2.05, 4.69) is 20.1 Å². The zero-order valence-electron chi connectivity index (χ0n) is 17.0. The number of nitrogens with zero attached hydrogens (tertiary/aromatic N) is 6. The number of hydrogen-bond acceptors (Lipinski definition) is 6. The minimum atomic E-state index is -0.0749. The Morgan fingerprint density at radius 3 is 2.72 bits per heavy atom. The highest BCUT2D eigenvalue weighted by molar-refractivity contribution is 5.23. The van der Waals surface area contributed by atoms with E-state index in [1.54, 1.807) is 21.5 Å². The Hall–Kier alpha value is -2.74. The number of hydrogen-bond donors (Lipinski definition) is 0. The second kappa shape index (κ2) is 7.26. The van der Waals surface area contributed by atoms with Crippen LogP contribution in [0, 0.1) is 19.8 Å². The average molecular weight is 394 g/mol. The SMILES string of the molecule is Cc1cc(C)n(-c2ccc(=O)n(CC3CN(Cc4nc5c(o4)CCCC5)C3)n2)n1. The highest BCUT2D eigenvalue weighted by Gasteiger charge is 2.29. The van der Waals surface area contributed by atoms with Crippen LogP contribution in [0.3, 0.4) is 0 Å². The Bertz CT molecular complexity index is 1070. The largest absolute Gasteiger partial charge is 0.444 e. The predicted molar refractivity (Wildman–Crippen MR) is 107 cm³/mol. The van der Waals surface area contributed by atoms with Crippen LogP contribution in [0.5, 0.6) is 0 Å². The lowest BCUT2D eigenvalue weighted by atomic mass is 10.0. The van der Waals surface area contributed by atoms with Gasteiger partial charge in [-0.2, -0.15) is 5.10 Å². The molecule has 3 aromatic rings. The summed E-state index contributed by atoms with van der Waals surface area (Å²) in [5.74, 6) is 2.99. The van der Waals surface area contributed by atoms with E-state index in [1.807, 2.05) is 19.9 Å². The minimum absolute atomic E-state index is 0.0749. The first-order valence-electron chi connectivity index (χ1n) is 10.4. The second-order valence-electron chi connectivity index (χ2n) is 8.30. The van der Waals surface area contributed by atoms with Crippen molar-refractivity contribution in [3.05, 3.63) is 57.3 Å². The van der Waals surface area contributed by atoms with Crippen LogP contribution >= 0.6 is 0 Å². The average Bonchev–Trinajstić information content (AvgIpc) is 3.23. The highest BCUT2D eigenvalue weighted by Crippen LogP contribution is 2.24. The summed E-state index contributed by atoms with van der Waals surface area (Å²) in [6.07, 6.45) is 4.47. The van der Waals surface area contributed by atoms with Gasteiger partial charge >= 0.3 is 0 Å². The van der Waals surface area contributed by atoms with Crippen LogP contribution in [-0.2, 0) is 25.9 Å². The lowest BCUT2D eigenvalue weighted by Crippen LogP contribution is -2.49. The first-order chi connectivity index (χ1) is 14.0. The molecule has 3 aromatic heterocycles. The molecule has 1 aliphatic carbocycles. The van der Waals surface area contributed by atoms with Gasteiger partial charge in [-0.15, -0.1) is 5.10 Å². The molecule has 0 atom stereocenters. The molecule has 5 rings (SSSR count). The molecule has 2 aliphatic rings. The summed E-state index contributed by atoms with van der Waals surface area (Å²) in [7, 11) is 0. The zero-order chi connectivity index (χ0) is 20.0.